The Kier molecular flexibility index (Phi) is 4.39. The zero-order valence-corrected chi connectivity index (χ0v) is 12.9. The van der Waals surface area contributed by atoms with Crippen LogP contribution in [0.3, 0.4) is 0 Å². The molecular weight excluding hydrogens is 274 g/mol. The first-order chi connectivity index (χ1) is 9.33. The maximum absolute atomic E-state index is 12.0. The molecule has 0 N–H and O–H groups in total. The highest BCUT2D eigenvalue weighted by Crippen LogP contribution is 2.21. The summed E-state index contributed by atoms with van der Waals surface area (Å²) in [6.07, 6.45) is 2.76. The molecule has 1 aromatic rings. The largest absolute Gasteiger partial charge is 0.444 e. The minimum Gasteiger partial charge on any atom is -0.444 e. The zero-order chi connectivity index (χ0) is 14.8. The van der Waals surface area contributed by atoms with Crippen LogP contribution in [0.2, 0.25) is 5.02 Å². The maximum atomic E-state index is 12.0. The minimum absolute atomic E-state index is 0.239. The average molecular weight is 294 g/mol. The van der Waals surface area contributed by atoms with E-state index in [2.05, 4.69) is 6.08 Å². The van der Waals surface area contributed by atoms with Crippen LogP contribution in [0, 0.1) is 0 Å². The number of carbonyl (C=O) groups is 1. The number of hydrogen-bond acceptors (Lipinski definition) is 2. The number of amides is 1. The zero-order valence-electron chi connectivity index (χ0n) is 12.1. The topological polar surface area (TPSA) is 29.5 Å². The fourth-order valence-electron chi connectivity index (χ4n) is 2.08. The summed E-state index contributed by atoms with van der Waals surface area (Å²) in [4.78, 5) is 13.7. The average Bonchev–Trinajstić information content (AvgIpc) is 2.79. The van der Waals surface area contributed by atoms with Crippen molar-refractivity contribution in [3.05, 3.63) is 40.4 Å². The summed E-state index contributed by atoms with van der Waals surface area (Å²) in [5.74, 6) is 0. The van der Waals surface area contributed by atoms with Crippen molar-refractivity contribution in [3.8, 4) is 0 Å². The van der Waals surface area contributed by atoms with Gasteiger partial charge in [0, 0.05) is 18.1 Å². The summed E-state index contributed by atoms with van der Waals surface area (Å²) in [5, 5.41) is 0.731. The van der Waals surface area contributed by atoms with Gasteiger partial charge in [-0.15, -0.1) is 0 Å². The van der Waals surface area contributed by atoms with Gasteiger partial charge >= 0.3 is 6.09 Å². The molecule has 4 heteroatoms. The molecule has 0 atom stereocenters. The van der Waals surface area contributed by atoms with E-state index in [-0.39, 0.29) is 6.09 Å². The molecule has 0 unspecified atom stereocenters. The molecule has 0 aromatic heterocycles. The number of likely N-dealkylation sites (tertiary alicyclic amines) is 1. The van der Waals surface area contributed by atoms with Gasteiger partial charge in [-0.3, -0.25) is 0 Å². The molecule has 0 bridgehead atoms. The maximum Gasteiger partial charge on any atom is 0.410 e. The predicted molar refractivity (Wildman–Crippen MR) is 81.9 cm³/mol. The second kappa shape index (κ2) is 5.88. The first kappa shape index (κ1) is 14.9. The predicted octanol–water partition coefficient (Wildman–Crippen LogP) is 4.36. The first-order valence-corrected chi connectivity index (χ1v) is 7.14. The first-order valence-electron chi connectivity index (χ1n) is 6.76. The van der Waals surface area contributed by atoms with E-state index < -0.39 is 5.60 Å². The highest BCUT2D eigenvalue weighted by Gasteiger charge is 2.26. The Morgan fingerprint density at radius 3 is 2.55 bits per heavy atom. The van der Waals surface area contributed by atoms with Crippen LogP contribution < -0.4 is 0 Å². The van der Waals surface area contributed by atoms with Gasteiger partial charge in [0.25, 0.3) is 0 Å². The number of carbonyl (C=O) groups excluding carboxylic acids is 1. The molecule has 1 heterocycles. The number of ether oxygens (including phenoxy) is 1. The van der Waals surface area contributed by atoms with Crippen LogP contribution in [0.4, 0.5) is 4.79 Å². The van der Waals surface area contributed by atoms with Crippen molar-refractivity contribution in [2.45, 2.75) is 32.8 Å². The van der Waals surface area contributed by atoms with Crippen molar-refractivity contribution in [3.63, 3.8) is 0 Å². The van der Waals surface area contributed by atoms with Gasteiger partial charge in [0.15, 0.2) is 0 Å². The molecular formula is C16H20ClNO2. The van der Waals surface area contributed by atoms with Crippen LogP contribution >= 0.6 is 11.6 Å². The molecule has 1 aliphatic heterocycles. The number of hydrogen-bond donors (Lipinski definition) is 0. The molecule has 2 rings (SSSR count). The lowest BCUT2D eigenvalue weighted by Gasteiger charge is -2.23. The van der Waals surface area contributed by atoms with E-state index in [4.69, 9.17) is 16.3 Å². The third-order valence-corrected chi connectivity index (χ3v) is 3.24. The van der Waals surface area contributed by atoms with Crippen LogP contribution in [0.25, 0.3) is 6.08 Å². The summed E-state index contributed by atoms with van der Waals surface area (Å²) in [7, 11) is 0. The Bertz CT molecular complexity index is 514. The number of rotatable bonds is 1. The van der Waals surface area contributed by atoms with E-state index in [1.807, 2.05) is 45.0 Å². The summed E-state index contributed by atoms with van der Waals surface area (Å²) in [6.45, 7) is 6.99. The highest BCUT2D eigenvalue weighted by molar-refractivity contribution is 6.30. The van der Waals surface area contributed by atoms with Crippen molar-refractivity contribution in [2.24, 2.45) is 0 Å². The smallest absolute Gasteiger partial charge is 0.410 e. The third-order valence-electron chi connectivity index (χ3n) is 2.99. The summed E-state index contributed by atoms with van der Waals surface area (Å²) < 4.78 is 5.38. The standard InChI is InChI=1S/C16H20ClNO2/c1-16(2,3)20-15(19)18-9-8-13(11-18)10-12-4-6-14(17)7-5-12/h4-7,10H,8-9,11H2,1-3H3/b13-10-. The van der Waals surface area contributed by atoms with Gasteiger partial charge in [0.1, 0.15) is 5.60 Å². The van der Waals surface area contributed by atoms with Crippen molar-refractivity contribution in [2.75, 3.05) is 13.1 Å². The molecule has 3 nitrogen and oxygen atoms in total. The minimum atomic E-state index is -0.445. The van der Waals surface area contributed by atoms with Gasteiger partial charge in [-0.05, 0) is 50.5 Å². The van der Waals surface area contributed by atoms with Crippen molar-refractivity contribution in [1.29, 1.82) is 0 Å². The fourth-order valence-corrected chi connectivity index (χ4v) is 2.20. The van der Waals surface area contributed by atoms with Crippen LogP contribution in [0.5, 0.6) is 0 Å². The molecule has 1 amide bonds. The lowest BCUT2D eigenvalue weighted by molar-refractivity contribution is 0.0299. The second-order valence-corrected chi connectivity index (χ2v) is 6.44. The number of halogens is 1. The molecule has 1 aromatic carbocycles. The van der Waals surface area contributed by atoms with Crippen molar-refractivity contribution in [1.82, 2.24) is 4.90 Å². The van der Waals surface area contributed by atoms with E-state index in [0.717, 1.165) is 17.0 Å². The van der Waals surface area contributed by atoms with Crippen LogP contribution in [0.1, 0.15) is 32.8 Å². The Labute approximate surface area is 125 Å². The fraction of sp³-hybridized carbons (Fsp3) is 0.438. The molecule has 1 fully saturated rings. The molecule has 0 spiro atoms. The lowest BCUT2D eigenvalue weighted by atomic mass is 10.1. The molecule has 0 radical (unpaired) electrons. The molecule has 0 aliphatic carbocycles. The van der Waals surface area contributed by atoms with E-state index in [0.29, 0.717) is 13.1 Å². The molecule has 108 valence electrons. The van der Waals surface area contributed by atoms with E-state index in [9.17, 15) is 4.79 Å². The van der Waals surface area contributed by atoms with E-state index in [1.54, 1.807) is 4.90 Å². The van der Waals surface area contributed by atoms with E-state index in [1.165, 1.54) is 5.57 Å². The Morgan fingerprint density at radius 2 is 1.95 bits per heavy atom. The number of benzene rings is 1. The molecule has 1 aliphatic rings. The summed E-state index contributed by atoms with van der Waals surface area (Å²) >= 11 is 5.86. The normalized spacial score (nSPS) is 17.6. The SMILES string of the molecule is CC(C)(C)OC(=O)N1CC/C(=C/c2ccc(Cl)cc2)C1. The molecule has 0 saturated carbocycles. The Morgan fingerprint density at radius 1 is 1.30 bits per heavy atom. The highest BCUT2D eigenvalue weighted by atomic mass is 35.5. The van der Waals surface area contributed by atoms with Crippen LogP contribution in [0.15, 0.2) is 29.8 Å². The second-order valence-electron chi connectivity index (χ2n) is 6.01. The third kappa shape index (κ3) is 4.27. The van der Waals surface area contributed by atoms with Crippen LogP contribution in [-0.4, -0.2) is 29.7 Å². The molecule has 20 heavy (non-hydrogen) atoms. The van der Waals surface area contributed by atoms with Crippen LogP contribution in [-0.2, 0) is 4.74 Å². The number of nitrogens with zero attached hydrogens (tertiary/aromatic N) is 1. The van der Waals surface area contributed by atoms with E-state index >= 15 is 0 Å². The lowest BCUT2D eigenvalue weighted by Crippen LogP contribution is -2.34. The van der Waals surface area contributed by atoms with Gasteiger partial charge in [-0.25, -0.2) is 4.79 Å². The van der Waals surface area contributed by atoms with Gasteiger partial charge in [0.05, 0.1) is 0 Å². The van der Waals surface area contributed by atoms with Crippen molar-refractivity contribution >= 4 is 23.8 Å². The Hall–Kier alpha value is -1.48. The summed E-state index contributed by atoms with van der Waals surface area (Å²) in [6, 6.07) is 7.69. The monoisotopic (exact) mass is 293 g/mol. The van der Waals surface area contributed by atoms with Gasteiger partial charge in [-0.2, -0.15) is 0 Å². The molecule has 1 saturated heterocycles. The Balaban J connectivity index is 1.98. The summed E-state index contributed by atoms with van der Waals surface area (Å²) in [5.41, 5.74) is 1.90. The van der Waals surface area contributed by atoms with Gasteiger partial charge < -0.3 is 9.64 Å². The van der Waals surface area contributed by atoms with Gasteiger partial charge in [0.2, 0.25) is 0 Å². The van der Waals surface area contributed by atoms with Crippen molar-refractivity contribution < 1.29 is 9.53 Å². The van der Waals surface area contributed by atoms with Gasteiger partial charge in [-0.1, -0.05) is 29.8 Å². The quantitative estimate of drug-likeness (QED) is 0.770.